The quantitative estimate of drug-likeness (QED) is 0.847. The van der Waals surface area contributed by atoms with Crippen molar-refractivity contribution < 1.29 is 13.9 Å². The average molecular weight is 263 g/mol. The molecule has 100 valence electrons. The van der Waals surface area contributed by atoms with Gasteiger partial charge in [0.2, 0.25) is 5.43 Å². The van der Waals surface area contributed by atoms with Crippen molar-refractivity contribution in [1.29, 1.82) is 0 Å². The Balaban J connectivity index is 2.76. The highest BCUT2D eigenvalue weighted by atomic mass is 19.1. The molecule has 0 radical (unpaired) electrons. The standard InChI is InChI=1S/C14H14FNO3/c1-4-19-14(18)10-6-16-12-8(3)7(2)11(15)5-9(12)13(10)17/h5-6H,4H2,1-3H3,(H,16,17). The molecule has 1 aromatic carbocycles. The van der Waals surface area contributed by atoms with E-state index in [9.17, 15) is 14.0 Å². The van der Waals surface area contributed by atoms with E-state index in [1.54, 1.807) is 20.8 Å². The molecule has 0 aliphatic rings. The maximum atomic E-state index is 13.7. The third-order valence-electron chi connectivity index (χ3n) is 3.18. The summed E-state index contributed by atoms with van der Waals surface area (Å²) in [5.74, 6) is -1.17. The summed E-state index contributed by atoms with van der Waals surface area (Å²) >= 11 is 0. The minimum absolute atomic E-state index is 0.114. The highest BCUT2D eigenvalue weighted by Crippen LogP contribution is 2.20. The number of H-pyrrole nitrogens is 1. The van der Waals surface area contributed by atoms with Gasteiger partial charge in [-0.3, -0.25) is 4.79 Å². The molecule has 0 aliphatic heterocycles. The molecule has 1 N–H and O–H groups in total. The predicted molar refractivity (Wildman–Crippen MR) is 70.0 cm³/mol. The van der Waals surface area contributed by atoms with E-state index in [4.69, 9.17) is 4.74 Å². The van der Waals surface area contributed by atoms with Gasteiger partial charge in [-0.05, 0) is 38.0 Å². The van der Waals surface area contributed by atoms with Gasteiger partial charge in [0.25, 0.3) is 0 Å². The summed E-state index contributed by atoms with van der Waals surface area (Å²) in [6.45, 7) is 5.19. The van der Waals surface area contributed by atoms with Gasteiger partial charge in [-0.25, -0.2) is 9.18 Å². The first-order chi connectivity index (χ1) is 8.97. The highest BCUT2D eigenvalue weighted by molar-refractivity contribution is 5.94. The lowest BCUT2D eigenvalue weighted by atomic mass is 10.0. The van der Waals surface area contributed by atoms with E-state index in [1.807, 2.05) is 0 Å². The number of carbonyl (C=O) groups excluding carboxylic acids is 1. The third kappa shape index (κ3) is 2.12. The first kappa shape index (κ1) is 13.3. The second-order valence-electron chi connectivity index (χ2n) is 4.28. The van der Waals surface area contributed by atoms with Crippen molar-refractivity contribution in [2.75, 3.05) is 6.61 Å². The number of ether oxygens (including phenoxy) is 1. The molecule has 1 aromatic heterocycles. The zero-order valence-corrected chi connectivity index (χ0v) is 11.0. The average Bonchev–Trinajstić information content (AvgIpc) is 2.38. The number of halogens is 1. The number of pyridine rings is 1. The van der Waals surface area contributed by atoms with Crippen LogP contribution in [0.5, 0.6) is 0 Å². The van der Waals surface area contributed by atoms with Crippen LogP contribution in [0.25, 0.3) is 10.9 Å². The van der Waals surface area contributed by atoms with Crippen molar-refractivity contribution in [1.82, 2.24) is 4.98 Å². The second kappa shape index (κ2) is 4.84. The first-order valence-corrected chi connectivity index (χ1v) is 5.95. The summed E-state index contributed by atoms with van der Waals surface area (Å²) in [4.78, 5) is 26.7. The van der Waals surface area contributed by atoms with E-state index in [0.717, 1.165) is 6.07 Å². The summed E-state index contributed by atoms with van der Waals surface area (Å²) < 4.78 is 18.5. The van der Waals surface area contributed by atoms with E-state index in [1.165, 1.54) is 6.20 Å². The summed E-state index contributed by atoms with van der Waals surface area (Å²) in [6.07, 6.45) is 1.31. The number of hydrogen-bond acceptors (Lipinski definition) is 3. The molecule has 2 rings (SSSR count). The zero-order valence-electron chi connectivity index (χ0n) is 11.0. The molecule has 0 fully saturated rings. The Morgan fingerprint density at radius 3 is 2.68 bits per heavy atom. The number of aromatic amines is 1. The molecule has 0 atom stereocenters. The van der Waals surface area contributed by atoms with Crippen molar-refractivity contribution in [2.45, 2.75) is 20.8 Å². The number of fused-ring (bicyclic) bond motifs is 1. The zero-order chi connectivity index (χ0) is 14.2. The third-order valence-corrected chi connectivity index (χ3v) is 3.18. The Morgan fingerprint density at radius 2 is 2.05 bits per heavy atom. The van der Waals surface area contributed by atoms with Crippen LogP contribution in [0.3, 0.4) is 0 Å². The maximum Gasteiger partial charge on any atom is 0.343 e. The topological polar surface area (TPSA) is 59.2 Å². The normalized spacial score (nSPS) is 10.7. The van der Waals surface area contributed by atoms with Crippen LogP contribution in [0.1, 0.15) is 28.4 Å². The largest absolute Gasteiger partial charge is 0.462 e. The molecule has 5 heteroatoms. The van der Waals surface area contributed by atoms with Gasteiger partial charge >= 0.3 is 5.97 Å². The fourth-order valence-electron chi connectivity index (χ4n) is 1.96. The van der Waals surface area contributed by atoms with Crippen LogP contribution in [0.2, 0.25) is 0 Å². The second-order valence-corrected chi connectivity index (χ2v) is 4.28. The molecule has 1 heterocycles. The van der Waals surface area contributed by atoms with E-state index < -0.39 is 17.2 Å². The molecule has 19 heavy (non-hydrogen) atoms. The van der Waals surface area contributed by atoms with E-state index in [2.05, 4.69) is 4.98 Å². The van der Waals surface area contributed by atoms with Crippen molar-refractivity contribution in [3.05, 3.63) is 45.0 Å². The Bertz CT molecular complexity index is 719. The van der Waals surface area contributed by atoms with Crippen molar-refractivity contribution in [2.24, 2.45) is 0 Å². The summed E-state index contributed by atoms with van der Waals surface area (Å²) in [6, 6.07) is 1.15. The molecule has 0 bridgehead atoms. The van der Waals surface area contributed by atoms with Gasteiger partial charge in [-0.2, -0.15) is 0 Å². The lowest BCUT2D eigenvalue weighted by molar-refractivity contribution is 0.0524. The molecule has 0 spiro atoms. The molecule has 2 aromatic rings. The number of carbonyl (C=O) groups is 1. The fourth-order valence-corrected chi connectivity index (χ4v) is 1.96. The monoisotopic (exact) mass is 263 g/mol. The van der Waals surface area contributed by atoms with E-state index in [0.29, 0.717) is 16.6 Å². The molecular weight excluding hydrogens is 249 g/mol. The van der Waals surface area contributed by atoms with Gasteiger partial charge in [0, 0.05) is 11.6 Å². The minimum atomic E-state index is -0.704. The number of aryl methyl sites for hydroxylation is 1. The Labute approximate surface area is 109 Å². The van der Waals surface area contributed by atoms with Crippen molar-refractivity contribution in [3.8, 4) is 0 Å². The fraction of sp³-hybridized carbons (Fsp3) is 0.286. The van der Waals surface area contributed by atoms with Crippen molar-refractivity contribution >= 4 is 16.9 Å². The van der Waals surface area contributed by atoms with Crippen LogP contribution in [0, 0.1) is 19.7 Å². The number of esters is 1. The number of benzene rings is 1. The Morgan fingerprint density at radius 1 is 1.37 bits per heavy atom. The minimum Gasteiger partial charge on any atom is -0.462 e. The van der Waals surface area contributed by atoms with Gasteiger partial charge in [0.15, 0.2) is 0 Å². The summed E-state index contributed by atoms with van der Waals surface area (Å²) in [7, 11) is 0. The molecule has 0 aliphatic carbocycles. The maximum absolute atomic E-state index is 13.7. The van der Waals surface area contributed by atoms with Gasteiger partial charge < -0.3 is 9.72 Å². The molecule has 0 saturated heterocycles. The Kier molecular flexibility index (Phi) is 3.38. The van der Waals surface area contributed by atoms with E-state index in [-0.39, 0.29) is 17.6 Å². The van der Waals surface area contributed by atoms with Gasteiger partial charge in [0.05, 0.1) is 12.1 Å². The summed E-state index contributed by atoms with van der Waals surface area (Å²) in [5, 5.41) is 0.158. The van der Waals surface area contributed by atoms with Crippen LogP contribution in [-0.4, -0.2) is 17.6 Å². The smallest absolute Gasteiger partial charge is 0.343 e. The van der Waals surface area contributed by atoms with Crippen LogP contribution < -0.4 is 5.43 Å². The van der Waals surface area contributed by atoms with Crippen LogP contribution in [-0.2, 0) is 4.74 Å². The SMILES string of the molecule is CCOC(=O)c1c[nH]c2c(C)c(C)c(F)cc2c1=O. The van der Waals surface area contributed by atoms with Crippen LogP contribution in [0.4, 0.5) is 4.39 Å². The highest BCUT2D eigenvalue weighted by Gasteiger charge is 2.16. The van der Waals surface area contributed by atoms with Crippen molar-refractivity contribution in [3.63, 3.8) is 0 Å². The van der Waals surface area contributed by atoms with Gasteiger partial charge in [-0.1, -0.05) is 0 Å². The van der Waals surface area contributed by atoms with Gasteiger partial charge in [-0.15, -0.1) is 0 Å². The van der Waals surface area contributed by atoms with Crippen LogP contribution >= 0.6 is 0 Å². The number of nitrogens with one attached hydrogen (secondary N) is 1. The van der Waals surface area contributed by atoms with E-state index >= 15 is 0 Å². The molecule has 0 amide bonds. The lowest BCUT2D eigenvalue weighted by Gasteiger charge is -2.08. The number of aromatic nitrogens is 1. The molecule has 0 saturated carbocycles. The first-order valence-electron chi connectivity index (χ1n) is 5.95. The lowest BCUT2D eigenvalue weighted by Crippen LogP contribution is -2.18. The molecular formula is C14H14FNO3. The Hall–Kier alpha value is -2.17. The number of rotatable bonds is 2. The molecule has 0 unspecified atom stereocenters. The number of hydrogen-bond donors (Lipinski definition) is 1. The summed E-state index contributed by atoms with van der Waals surface area (Å²) in [5.41, 5.74) is 1.04. The van der Waals surface area contributed by atoms with Crippen LogP contribution in [0.15, 0.2) is 17.1 Å². The predicted octanol–water partition coefficient (Wildman–Crippen LogP) is 2.46. The van der Waals surface area contributed by atoms with Gasteiger partial charge in [0.1, 0.15) is 11.4 Å². The molecule has 4 nitrogen and oxygen atoms in total.